The molecule has 2 aliphatic heterocycles. The molecule has 0 unspecified atom stereocenters. The average molecular weight is 326 g/mol. The lowest BCUT2D eigenvalue weighted by molar-refractivity contribution is 0.0481. The van der Waals surface area contributed by atoms with E-state index in [9.17, 15) is 9.59 Å². The predicted molar refractivity (Wildman–Crippen MR) is 88.1 cm³/mol. The number of urea groups is 1. The van der Waals surface area contributed by atoms with Crippen LogP contribution in [0.4, 0.5) is 9.59 Å². The van der Waals surface area contributed by atoms with Crippen molar-refractivity contribution in [2.75, 3.05) is 26.2 Å². The summed E-state index contributed by atoms with van der Waals surface area (Å²) < 4.78 is 5.27. The van der Waals surface area contributed by atoms with E-state index in [1.165, 1.54) is 0 Å². The number of amides is 3. The zero-order valence-electron chi connectivity index (χ0n) is 14.5. The summed E-state index contributed by atoms with van der Waals surface area (Å²) in [5, 5.41) is 2.89. The number of carbonyl (C=O) groups excluding carboxylic acids is 2. The van der Waals surface area contributed by atoms with Gasteiger partial charge in [0.2, 0.25) is 0 Å². The van der Waals surface area contributed by atoms with Gasteiger partial charge in [-0.25, -0.2) is 9.59 Å². The first-order valence-electron chi connectivity index (χ1n) is 8.53. The second-order valence-electron chi connectivity index (χ2n) is 7.54. The molecule has 0 aromatic heterocycles. The van der Waals surface area contributed by atoms with E-state index in [0.29, 0.717) is 19.6 Å². The molecule has 0 spiro atoms. The topological polar surface area (TPSA) is 87.9 Å². The summed E-state index contributed by atoms with van der Waals surface area (Å²) in [6.07, 6.45) is 3.09. The Morgan fingerprint density at radius 1 is 1.09 bits per heavy atom. The monoisotopic (exact) mass is 326 g/mol. The van der Waals surface area contributed by atoms with Crippen molar-refractivity contribution in [3.63, 3.8) is 0 Å². The predicted octanol–water partition coefficient (Wildman–Crippen LogP) is 1.52. The summed E-state index contributed by atoms with van der Waals surface area (Å²) in [6.45, 7) is 8.29. The van der Waals surface area contributed by atoms with Crippen LogP contribution in [0.5, 0.6) is 0 Å². The van der Waals surface area contributed by atoms with Gasteiger partial charge in [0, 0.05) is 38.3 Å². The fraction of sp³-hybridized carbons (Fsp3) is 0.875. The number of alkyl carbamates (subject to hydrolysis) is 1. The molecule has 2 heterocycles. The molecule has 2 saturated heterocycles. The van der Waals surface area contributed by atoms with Crippen LogP contribution < -0.4 is 11.1 Å². The highest BCUT2D eigenvalue weighted by Crippen LogP contribution is 2.16. The van der Waals surface area contributed by atoms with Crippen LogP contribution >= 0.6 is 0 Å². The fourth-order valence-electron chi connectivity index (χ4n) is 3.07. The van der Waals surface area contributed by atoms with E-state index in [4.69, 9.17) is 10.5 Å². The Kier molecular flexibility index (Phi) is 5.73. The van der Waals surface area contributed by atoms with Crippen molar-refractivity contribution in [1.29, 1.82) is 0 Å². The van der Waals surface area contributed by atoms with Crippen molar-refractivity contribution in [2.45, 2.75) is 64.1 Å². The Hall–Kier alpha value is -1.50. The van der Waals surface area contributed by atoms with E-state index in [0.717, 1.165) is 32.2 Å². The molecule has 7 nitrogen and oxygen atoms in total. The molecule has 3 amide bonds. The standard InChI is InChI=1S/C16H30N4O3/c1-16(2,3)23-14(21)18-13-6-9-19(10-7-13)15(22)20-8-4-5-12(17)11-20/h12-13H,4-11,17H2,1-3H3,(H,18,21)/t12-/m0/s1. The van der Waals surface area contributed by atoms with Gasteiger partial charge in [-0.2, -0.15) is 0 Å². The maximum atomic E-state index is 12.5. The first-order chi connectivity index (χ1) is 10.7. The molecule has 23 heavy (non-hydrogen) atoms. The molecule has 0 radical (unpaired) electrons. The molecule has 0 aliphatic carbocycles. The Balaban J connectivity index is 1.75. The van der Waals surface area contributed by atoms with Crippen molar-refractivity contribution in [3.05, 3.63) is 0 Å². The fourth-order valence-corrected chi connectivity index (χ4v) is 3.07. The smallest absolute Gasteiger partial charge is 0.407 e. The molecular weight excluding hydrogens is 296 g/mol. The average Bonchev–Trinajstić information content (AvgIpc) is 2.45. The zero-order valence-corrected chi connectivity index (χ0v) is 14.5. The lowest BCUT2D eigenvalue weighted by Crippen LogP contribution is -2.54. The Bertz CT molecular complexity index is 428. The molecular formula is C16H30N4O3. The summed E-state index contributed by atoms with van der Waals surface area (Å²) in [5.74, 6) is 0. The first-order valence-corrected chi connectivity index (χ1v) is 8.53. The van der Waals surface area contributed by atoms with Gasteiger partial charge in [0.1, 0.15) is 5.60 Å². The molecule has 2 aliphatic rings. The van der Waals surface area contributed by atoms with Gasteiger partial charge in [-0.1, -0.05) is 0 Å². The lowest BCUT2D eigenvalue weighted by atomic mass is 10.0. The second kappa shape index (κ2) is 7.38. The normalized spacial score (nSPS) is 23.6. The van der Waals surface area contributed by atoms with Crippen LogP contribution in [-0.4, -0.2) is 65.8 Å². The third kappa shape index (κ3) is 5.57. The van der Waals surface area contributed by atoms with Crippen LogP contribution in [0.1, 0.15) is 46.5 Å². The third-order valence-electron chi connectivity index (χ3n) is 4.21. The molecule has 132 valence electrons. The molecule has 2 rings (SSSR count). The minimum atomic E-state index is -0.492. The van der Waals surface area contributed by atoms with Crippen LogP contribution in [0.3, 0.4) is 0 Å². The van der Waals surface area contributed by atoms with E-state index >= 15 is 0 Å². The zero-order chi connectivity index (χ0) is 17.0. The Morgan fingerprint density at radius 2 is 1.74 bits per heavy atom. The molecule has 7 heteroatoms. The van der Waals surface area contributed by atoms with E-state index in [1.54, 1.807) is 0 Å². The minimum Gasteiger partial charge on any atom is -0.444 e. The van der Waals surface area contributed by atoms with Crippen LogP contribution in [0.2, 0.25) is 0 Å². The number of nitrogens with zero attached hydrogens (tertiary/aromatic N) is 2. The second-order valence-corrected chi connectivity index (χ2v) is 7.54. The van der Waals surface area contributed by atoms with Gasteiger partial charge in [0.05, 0.1) is 0 Å². The van der Waals surface area contributed by atoms with E-state index in [1.807, 2.05) is 30.6 Å². The van der Waals surface area contributed by atoms with Crippen molar-refractivity contribution < 1.29 is 14.3 Å². The number of hydrogen-bond donors (Lipinski definition) is 2. The van der Waals surface area contributed by atoms with Gasteiger partial charge in [-0.05, 0) is 46.5 Å². The minimum absolute atomic E-state index is 0.0671. The van der Waals surface area contributed by atoms with Crippen molar-refractivity contribution in [2.24, 2.45) is 5.73 Å². The maximum absolute atomic E-state index is 12.5. The summed E-state index contributed by atoms with van der Waals surface area (Å²) in [5.41, 5.74) is 5.45. The molecule has 1 atom stereocenters. The SMILES string of the molecule is CC(C)(C)OC(=O)NC1CCN(C(=O)N2CCC[C@H](N)C2)CC1. The quantitative estimate of drug-likeness (QED) is 0.765. The highest BCUT2D eigenvalue weighted by atomic mass is 16.6. The van der Waals surface area contributed by atoms with Crippen molar-refractivity contribution >= 4 is 12.1 Å². The number of carbonyl (C=O) groups is 2. The van der Waals surface area contributed by atoms with E-state index < -0.39 is 5.60 Å². The summed E-state index contributed by atoms with van der Waals surface area (Å²) in [7, 11) is 0. The van der Waals surface area contributed by atoms with Gasteiger partial charge in [-0.15, -0.1) is 0 Å². The van der Waals surface area contributed by atoms with Gasteiger partial charge in [0.15, 0.2) is 0 Å². The number of rotatable bonds is 1. The van der Waals surface area contributed by atoms with Crippen molar-refractivity contribution in [1.82, 2.24) is 15.1 Å². The van der Waals surface area contributed by atoms with Gasteiger partial charge in [0.25, 0.3) is 0 Å². The molecule has 2 fully saturated rings. The largest absolute Gasteiger partial charge is 0.444 e. The van der Waals surface area contributed by atoms with Gasteiger partial charge in [-0.3, -0.25) is 0 Å². The summed E-state index contributed by atoms with van der Waals surface area (Å²) in [6, 6.07) is 0.243. The number of likely N-dealkylation sites (tertiary alicyclic amines) is 2. The maximum Gasteiger partial charge on any atom is 0.407 e. The van der Waals surface area contributed by atoms with Gasteiger partial charge < -0.3 is 25.6 Å². The third-order valence-corrected chi connectivity index (χ3v) is 4.21. The number of ether oxygens (including phenoxy) is 1. The molecule has 0 aromatic carbocycles. The van der Waals surface area contributed by atoms with Crippen molar-refractivity contribution in [3.8, 4) is 0 Å². The van der Waals surface area contributed by atoms with Crippen LogP contribution in [0.15, 0.2) is 0 Å². The van der Waals surface area contributed by atoms with Crippen LogP contribution in [0.25, 0.3) is 0 Å². The Labute approximate surface area is 138 Å². The van der Waals surface area contributed by atoms with Crippen LogP contribution in [0, 0.1) is 0 Å². The van der Waals surface area contributed by atoms with Gasteiger partial charge >= 0.3 is 12.1 Å². The number of piperidine rings is 2. The van der Waals surface area contributed by atoms with E-state index in [-0.39, 0.29) is 24.2 Å². The van der Waals surface area contributed by atoms with E-state index in [2.05, 4.69) is 5.32 Å². The number of nitrogens with two attached hydrogens (primary N) is 1. The summed E-state index contributed by atoms with van der Waals surface area (Å²) in [4.78, 5) is 28.0. The van der Waals surface area contributed by atoms with Crippen LogP contribution in [-0.2, 0) is 4.74 Å². The molecule has 3 N–H and O–H groups in total. The number of nitrogens with one attached hydrogen (secondary N) is 1. The lowest BCUT2D eigenvalue weighted by Gasteiger charge is -2.38. The highest BCUT2D eigenvalue weighted by molar-refractivity contribution is 5.75. The summed E-state index contributed by atoms with van der Waals surface area (Å²) >= 11 is 0. The first kappa shape index (κ1) is 17.8. The highest BCUT2D eigenvalue weighted by Gasteiger charge is 2.29. The molecule has 0 bridgehead atoms. The molecule has 0 aromatic rings. The molecule has 0 saturated carbocycles. The Morgan fingerprint density at radius 3 is 2.30 bits per heavy atom. The number of hydrogen-bond acceptors (Lipinski definition) is 4.